The Morgan fingerprint density at radius 1 is 0.612 bits per heavy atom. The number of aliphatic hydroxyl groups is 2. The number of nitrogens with one attached hydrogen (secondary N) is 8. The highest BCUT2D eigenvalue weighted by Crippen LogP contribution is 2.21. The minimum atomic E-state index is -1.76. The molecule has 0 bridgehead atoms. The predicted molar refractivity (Wildman–Crippen MR) is 311 cm³/mol. The summed E-state index contributed by atoms with van der Waals surface area (Å²) in [5, 5.41) is 50.3. The highest BCUT2D eigenvalue weighted by Gasteiger charge is 2.40. The van der Waals surface area contributed by atoms with Gasteiger partial charge in [0.1, 0.15) is 54.4 Å². The van der Waals surface area contributed by atoms with Crippen LogP contribution in [0.4, 0.5) is 0 Å². The largest absolute Gasteiger partial charge is 0.480 e. The fraction of sp³-hybridized carbons (Fsp3) is 0.642. The number of carbonyl (C=O) groups excluding carboxylic acids is 10. The van der Waals surface area contributed by atoms with Gasteiger partial charge in [0.2, 0.25) is 59.1 Å². The number of primary amides is 1. The van der Waals surface area contributed by atoms with Gasteiger partial charge in [0.15, 0.2) is 11.9 Å². The topological polar surface area (TPSA) is 555 Å². The van der Waals surface area contributed by atoms with Crippen molar-refractivity contribution < 1.29 is 68.1 Å². The van der Waals surface area contributed by atoms with Crippen LogP contribution in [0.1, 0.15) is 110 Å². The summed E-state index contributed by atoms with van der Waals surface area (Å²) in [5.41, 5.74) is 39.5. The average molecular weight is 1200 g/mol. The summed E-state index contributed by atoms with van der Waals surface area (Å²) >= 11 is 0. The molecule has 0 unspecified atom stereocenters. The zero-order chi connectivity index (χ0) is 63.9. The van der Waals surface area contributed by atoms with E-state index >= 15 is 0 Å². The molecule has 0 saturated carbocycles. The maximum absolute atomic E-state index is 14.4. The Labute approximate surface area is 493 Å². The Hall–Kier alpha value is -8.23. The lowest BCUT2D eigenvalue weighted by molar-refractivity contribution is -0.143. The Kier molecular flexibility index (Phi) is 32.5. The van der Waals surface area contributed by atoms with E-state index in [1.807, 2.05) is 0 Å². The molecule has 0 radical (unpaired) electrons. The number of hydrogen-bond donors (Lipinski definition) is 18. The molecule has 1 aromatic carbocycles. The number of likely N-dealkylation sites (tertiary alicyclic amines) is 1. The van der Waals surface area contributed by atoms with Gasteiger partial charge < -0.3 is 103 Å². The zero-order valence-corrected chi connectivity index (χ0v) is 48.8. The van der Waals surface area contributed by atoms with E-state index in [4.69, 9.17) is 40.1 Å². The van der Waals surface area contributed by atoms with Crippen LogP contribution in [-0.2, 0) is 59.2 Å². The van der Waals surface area contributed by atoms with Gasteiger partial charge in [0.05, 0.1) is 18.8 Å². The summed E-state index contributed by atoms with van der Waals surface area (Å²) < 4.78 is 0. The summed E-state index contributed by atoms with van der Waals surface area (Å²) in [7, 11) is 0. The maximum atomic E-state index is 14.4. The van der Waals surface area contributed by atoms with E-state index in [1.165, 1.54) is 11.8 Å². The molecule has 10 amide bonds. The molecule has 32 heteroatoms. The lowest BCUT2D eigenvalue weighted by atomic mass is 10.0. The molecule has 1 heterocycles. The van der Waals surface area contributed by atoms with Crippen molar-refractivity contribution in [2.75, 3.05) is 32.8 Å². The number of aliphatic carboxylic acids is 1. The molecule has 85 heavy (non-hydrogen) atoms. The molecule has 1 aliphatic heterocycles. The van der Waals surface area contributed by atoms with Crippen molar-refractivity contribution in [1.29, 1.82) is 0 Å². The number of nitrogens with two attached hydrogens (primary N) is 7. The molecule has 1 aromatic rings. The van der Waals surface area contributed by atoms with Crippen molar-refractivity contribution in [3.05, 3.63) is 35.9 Å². The van der Waals surface area contributed by atoms with E-state index in [-0.39, 0.29) is 108 Å². The third-order valence-electron chi connectivity index (χ3n) is 13.5. The van der Waals surface area contributed by atoms with Gasteiger partial charge in [-0.3, -0.25) is 57.9 Å². The van der Waals surface area contributed by atoms with E-state index in [0.29, 0.717) is 24.8 Å². The van der Waals surface area contributed by atoms with E-state index in [9.17, 15) is 68.1 Å². The molecule has 1 saturated heterocycles. The van der Waals surface area contributed by atoms with Crippen molar-refractivity contribution >= 4 is 77.0 Å². The number of aliphatic hydroxyl groups excluding tert-OH is 2. The molecule has 32 nitrogen and oxygen atoms in total. The Morgan fingerprint density at radius 3 is 1.67 bits per heavy atom. The third-order valence-corrected chi connectivity index (χ3v) is 13.5. The van der Waals surface area contributed by atoms with Crippen LogP contribution < -0.4 is 82.7 Å². The predicted octanol–water partition coefficient (Wildman–Crippen LogP) is -6.55. The van der Waals surface area contributed by atoms with Crippen LogP contribution in [0.5, 0.6) is 0 Å². The quantitative estimate of drug-likeness (QED) is 0.0166. The van der Waals surface area contributed by atoms with Gasteiger partial charge in [-0.15, -0.1) is 0 Å². The van der Waals surface area contributed by atoms with Gasteiger partial charge in [-0.2, -0.15) is 0 Å². The average Bonchev–Trinajstić information content (AvgIpc) is 4.19. The second kappa shape index (κ2) is 37.9. The number of benzene rings is 1. The zero-order valence-electron chi connectivity index (χ0n) is 48.8. The monoisotopic (exact) mass is 1200 g/mol. The number of unbranched alkanes of at least 4 members (excludes halogenated alkanes) is 1. The number of nitrogens with zero attached hydrogens (tertiary/aromatic N) is 3. The van der Waals surface area contributed by atoms with Crippen molar-refractivity contribution in [2.24, 2.45) is 56.0 Å². The summed E-state index contributed by atoms with van der Waals surface area (Å²) in [6, 6.07) is -5.67. The van der Waals surface area contributed by atoms with Crippen molar-refractivity contribution in [3.63, 3.8) is 0 Å². The first-order chi connectivity index (χ1) is 40.1. The van der Waals surface area contributed by atoms with Gasteiger partial charge in [-0.25, -0.2) is 4.79 Å². The Morgan fingerprint density at radius 2 is 1.13 bits per heavy atom. The third kappa shape index (κ3) is 26.9. The minimum absolute atomic E-state index is 0.00693. The first kappa shape index (κ1) is 72.9. The van der Waals surface area contributed by atoms with Crippen LogP contribution in [0.3, 0.4) is 0 Å². The first-order valence-corrected chi connectivity index (χ1v) is 28.2. The summed E-state index contributed by atoms with van der Waals surface area (Å²) in [6.07, 6.45) is -0.644. The van der Waals surface area contributed by atoms with Gasteiger partial charge in [0.25, 0.3) is 0 Å². The van der Waals surface area contributed by atoms with E-state index < -0.39 is 138 Å². The molecule has 0 aliphatic carbocycles. The number of rotatable bonds is 39. The van der Waals surface area contributed by atoms with Gasteiger partial charge in [0, 0.05) is 32.5 Å². The highest BCUT2D eigenvalue weighted by atomic mass is 16.4. The molecule has 11 atom stereocenters. The molecule has 2 rings (SSSR count). The highest BCUT2D eigenvalue weighted by molar-refractivity contribution is 5.99. The molecular weight excluding hydrogens is 1110 g/mol. The fourth-order valence-electron chi connectivity index (χ4n) is 8.87. The van der Waals surface area contributed by atoms with Crippen LogP contribution in [0, 0.1) is 5.92 Å². The van der Waals surface area contributed by atoms with Crippen LogP contribution in [0.2, 0.25) is 0 Å². The van der Waals surface area contributed by atoms with Crippen molar-refractivity contribution in [3.8, 4) is 0 Å². The minimum Gasteiger partial charge on any atom is -0.480 e. The molecule has 476 valence electrons. The molecule has 0 aromatic heterocycles. The fourth-order valence-corrected chi connectivity index (χ4v) is 8.87. The molecule has 1 aliphatic rings. The number of amides is 10. The van der Waals surface area contributed by atoms with Gasteiger partial charge in [-0.05, 0) is 103 Å². The number of aliphatic imine (C=N–C) groups is 2. The number of carboxylic acid groups (broad SMARTS) is 1. The molecular formula is C53H90N18O14. The lowest BCUT2D eigenvalue weighted by Gasteiger charge is -2.31. The Balaban J connectivity index is 2.27. The van der Waals surface area contributed by atoms with Crippen molar-refractivity contribution in [1.82, 2.24) is 47.4 Å². The number of carbonyl (C=O) groups is 11. The normalized spacial score (nSPS) is 16.4. The lowest BCUT2D eigenvalue weighted by Crippen LogP contribution is -2.61. The van der Waals surface area contributed by atoms with Crippen LogP contribution in [-0.4, -0.2) is 196 Å². The van der Waals surface area contributed by atoms with E-state index in [2.05, 4.69) is 52.5 Å². The van der Waals surface area contributed by atoms with Gasteiger partial charge in [-0.1, -0.05) is 44.2 Å². The second-order valence-electron chi connectivity index (χ2n) is 21.1. The van der Waals surface area contributed by atoms with Crippen molar-refractivity contribution in [2.45, 2.75) is 178 Å². The van der Waals surface area contributed by atoms with Crippen LogP contribution in [0.15, 0.2) is 40.3 Å². The van der Waals surface area contributed by atoms with E-state index in [1.54, 1.807) is 44.2 Å². The Bertz CT molecular complexity index is 2460. The number of guanidine groups is 2. The van der Waals surface area contributed by atoms with Crippen LogP contribution in [0.25, 0.3) is 0 Å². The smallest absolute Gasteiger partial charge is 0.326 e. The number of carboxylic acids is 1. The molecule has 25 N–H and O–H groups in total. The summed E-state index contributed by atoms with van der Waals surface area (Å²) in [5.74, 6) is -10.7. The molecule has 1 fully saturated rings. The molecule has 0 spiro atoms. The summed E-state index contributed by atoms with van der Waals surface area (Å²) in [6.45, 7) is 5.47. The SMILES string of the molecule is CC(C)C[C@H](NC(=O)[C@H](CCCN=C(N)N)NC(=O)[C@@H](N)CCCN=C(N)N)C(=O)N[C@@H](CCC(N)=O)C(=O)N1CCC[C@H]1C(=O)N[C@@H](C)C(=O)N[C@@H](CCCCN)C(=O)N[C@@H](CO)C(=O)N[C@H](C(=O)N[C@@H](Cc1ccccc1)C(=O)O)[C@@H](C)O. The first-order valence-electron chi connectivity index (χ1n) is 28.2. The number of hydrogen-bond acceptors (Lipinski definition) is 17. The second-order valence-corrected chi connectivity index (χ2v) is 21.1. The van der Waals surface area contributed by atoms with E-state index in [0.717, 1.165) is 6.92 Å². The van der Waals surface area contributed by atoms with Gasteiger partial charge >= 0.3 is 5.97 Å². The summed E-state index contributed by atoms with van der Waals surface area (Å²) in [4.78, 5) is 157. The van der Waals surface area contributed by atoms with Crippen LogP contribution >= 0.6 is 0 Å². The maximum Gasteiger partial charge on any atom is 0.326 e. The standard InChI is InChI=1S/C53H90N18O14/c1-28(2)25-36(67-44(77)34(17-11-23-62-53(59)60)65-43(76)32(55)15-10-22-61-52(57)58)46(79)66-35(19-20-40(56)74)50(83)71-24-12-18-39(71)48(81)63-29(3)42(75)64-33(16-8-9-21-54)45(78)69-38(27-72)47(80)70-41(30(4)73)49(82)68-37(51(84)85)26-31-13-6-5-7-14-31/h5-7,13-14,28-30,32-39,41,72-73H,8-12,15-27,54-55H2,1-4H3,(H2,56,74)(H,63,81)(H,64,75)(H,65,76)(H,66,79)(H,67,77)(H,68,82)(H,69,78)(H,70,80)(H,84,85)(H4,57,58,61)(H4,59,60,62)/t29-,30+,32-,33-,34-,35-,36-,37-,38-,39-,41-/m0/s1.